The van der Waals surface area contributed by atoms with Crippen LogP contribution in [0.1, 0.15) is 18.2 Å². The summed E-state index contributed by atoms with van der Waals surface area (Å²) in [6, 6.07) is 1.67. The third-order valence-electron chi connectivity index (χ3n) is 2.91. The maximum absolute atomic E-state index is 12.4. The van der Waals surface area contributed by atoms with Crippen molar-refractivity contribution < 1.29 is 8.42 Å². The van der Waals surface area contributed by atoms with Gasteiger partial charge in [-0.2, -0.15) is 4.31 Å². The molecule has 0 saturated carbocycles. The molecule has 17 heavy (non-hydrogen) atoms. The van der Waals surface area contributed by atoms with Crippen molar-refractivity contribution in [2.45, 2.75) is 24.8 Å². The van der Waals surface area contributed by atoms with Crippen molar-refractivity contribution in [2.75, 3.05) is 13.1 Å². The molecule has 2 rings (SSSR count). The second-order valence-electron chi connectivity index (χ2n) is 4.31. The van der Waals surface area contributed by atoms with Crippen LogP contribution in [0.2, 0.25) is 0 Å². The fourth-order valence-corrected chi connectivity index (χ4v) is 6.01. The number of hydrogen-bond donors (Lipinski definition) is 1. The lowest BCUT2D eigenvalue weighted by molar-refractivity contribution is 0.464. The summed E-state index contributed by atoms with van der Waals surface area (Å²) in [5.41, 5.74) is 5.53. The molecule has 0 amide bonds. The molecular weight excluding hydrogens is 324 g/mol. The predicted octanol–water partition coefficient (Wildman–Crippen LogP) is 2.00. The molecule has 1 aromatic rings. The summed E-state index contributed by atoms with van der Waals surface area (Å²) in [4.78, 5) is 1.24. The Morgan fingerprint density at radius 1 is 1.65 bits per heavy atom. The zero-order chi connectivity index (χ0) is 12.6. The van der Waals surface area contributed by atoms with Crippen LogP contribution in [0.4, 0.5) is 0 Å². The molecule has 1 fully saturated rings. The Kier molecular flexibility index (Phi) is 3.94. The molecule has 0 aromatic carbocycles. The Balaban J connectivity index is 2.34. The quantitative estimate of drug-likeness (QED) is 0.916. The number of thiophene rings is 1. The minimum atomic E-state index is -3.35. The summed E-state index contributed by atoms with van der Waals surface area (Å²) < 4.78 is 27.0. The molecule has 2 heterocycles. The van der Waals surface area contributed by atoms with Gasteiger partial charge in [-0.3, -0.25) is 0 Å². The largest absolute Gasteiger partial charge is 0.326 e. The molecule has 96 valence electrons. The second-order valence-corrected chi connectivity index (χ2v) is 8.67. The number of halogens is 1. The highest BCUT2D eigenvalue weighted by atomic mass is 79.9. The van der Waals surface area contributed by atoms with Gasteiger partial charge in [0.1, 0.15) is 4.90 Å². The van der Waals surface area contributed by atoms with Gasteiger partial charge in [0, 0.05) is 24.5 Å². The maximum Gasteiger partial charge on any atom is 0.245 e. The Bertz CT molecular complexity index is 512. The van der Waals surface area contributed by atoms with Gasteiger partial charge in [0.25, 0.3) is 0 Å². The highest BCUT2D eigenvalue weighted by Crippen LogP contribution is 2.34. The third-order valence-corrected chi connectivity index (χ3v) is 7.05. The number of nitrogens with zero attached hydrogens (tertiary/aromatic N) is 1. The van der Waals surface area contributed by atoms with E-state index in [1.807, 2.05) is 0 Å². The van der Waals surface area contributed by atoms with E-state index < -0.39 is 10.0 Å². The van der Waals surface area contributed by atoms with Crippen molar-refractivity contribution in [1.29, 1.82) is 0 Å². The molecule has 0 bridgehead atoms. The summed E-state index contributed by atoms with van der Waals surface area (Å²) in [5.74, 6) is 0.441. The van der Waals surface area contributed by atoms with Crippen LogP contribution in [0.15, 0.2) is 14.7 Å². The van der Waals surface area contributed by atoms with Crippen LogP contribution in [0.5, 0.6) is 0 Å². The highest BCUT2D eigenvalue weighted by molar-refractivity contribution is 9.11. The Morgan fingerprint density at radius 3 is 2.82 bits per heavy atom. The van der Waals surface area contributed by atoms with Gasteiger partial charge in [-0.1, -0.05) is 6.92 Å². The maximum atomic E-state index is 12.4. The van der Waals surface area contributed by atoms with E-state index in [-0.39, 0.29) is 0 Å². The number of hydrogen-bond acceptors (Lipinski definition) is 4. The van der Waals surface area contributed by atoms with E-state index in [1.165, 1.54) is 11.3 Å². The Morgan fingerprint density at radius 2 is 2.35 bits per heavy atom. The van der Waals surface area contributed by atoms with Gasteiger partial charge in [0.05, 0.1) is 3.79 Å². The van der Waals surface area contributed by atoms with Crippen LogP contribution in [-0.4, -0.2) is 25.8 Å². The summed E-state index contributed by atoms with van der Waals surface area (Å²) >= 11 is 4.70. The van der Waals surface area contributed by atoms with Crippen molar-refractivity contribution in [3.63, 3.8) is 0 Å². The SMILES string of the molecule is CC1CCN(S(=O)(=O)c2cc(CN)sc2Br)C1. The van der Waals surface area contributed by atoms with E-state index in [4.69, 9.17) is 5.73 Å². The number of rotatable bonds is 3. The van der Waals surface area contributed by atoms with E-state index in [9.17, 15) is 8.42 Å². The molecule has 7 heteroatoms. The summed E-state index contributed by atoms with van der Waals surface area (Å²) in [5, 5.41) is 0. The van der Waals surface area contributed by atoms with Crippen molar-refractivity contribution in [3.05, 3.63) is 14.7 Å². The van der Waals surface area contributed by atoms with E-state index >= 15 is 0 Å². The van der Waals surface area contributed by atoms with Gasteiger partial charge in [-0.15, -0.1) is 11.3 Å². The standard InChI is InChI=1S/C10H15BrN2O2S2/c1-7-2-3-13(6-7)17(14,15)9-4-8(5-12)16-10(9)11/h4,7H,2-3,5-6,12H2,1H3. The zero-order valence-electron chi connectivity index (χ0n) is 9.52. The highest BCUT2D eigenvalue weighted by Gasteiger charge is 2.32. The lowest BCUT2D eigenvalue weighted by Crippen LogP contribution is -2.28. The molecule has 0 radical (unpaired) electrons. The lowest BCUT2D eigenvalue weighted by atomic mass is 10.2. The first-order valence-corrected chi connectivity index (χ1v) is 8.48. The van der Waals surface area contributed by atoms with Crippen LogP contribution < -0.4 is 5.73 Å². The van der Waals surface area contributed by atoms with Crippen LogP contribution in [0.25, 0.3) is 0 Å². The normalized spacial score (nSPS) is 22.2. The molecule has 0 spiro atoms. The molecule has 1 saturated heterocycles. The van der Waals surface area contributed by atoms with Gasteiger partial charge >= 0.3 is 0 Å². The van der Waals surface area contributed by atoms with Crippen LogP contribution in [0, 0.1) is 5.92 Å². The smallest absolute Gasteiger partial charge is 0.245 e. The fourth-order valence-electron chi connectivity index (χ4n) is 1.93. The van der Waals surface area contributed by atoms with Gasteiger partial charge in [0.15, 0.2) is 0 Å². The van der Waals surface area contributed by atoms with Crippen molar-refractivity contribution in [1.82, 2.24) is 4.31 Å². The zero-order valence-corrected chi connectivity index (χ0v) is 12.7. The van der Waals surface area contributed by atoms with Crippen LogP contribution >= 0.6 is 27.3 Å². The van der Waals surface area contributed by atoms with Gasteiger partial charge in [-0.05, 0) is 34.3 Å². The molecule has 1 unspecified atom stereocenters. The van der Waals surface area contributed by atoms with Crippen molar-refractivity contribution >= 4 is 37.3 Å². The third kappa shape index (κ3) is 2.58. The van der Waals surface area contributed by atoms with Crippen LogP contribution in [-0.2, 0) is 16.6 Å². The lowest BCUT2D eigenvalue weighted by Gasteiger charge is -2.15. The molecule has 1 aliphatic heterocycles. The molecule has 1 aromatic heterocycles. The summed E-state index contributed by atoms with van der Waals surface area (Å²) in [6.07, 6.45) is 0.935. The first kappa shape index (κ1) is 13.5. The molecule has 0 aliphatic carbocycles. The van der Waals surface area contributed by atoms with Crippen LogP contribution in [0.3, 0.4) is 0 Å². The predicted molar refractivity (Wildman–Crippen MR) is 72.5 cm³/mol. The number of sulfonamides is 1. The minimum Gasteiger partial charge on any atom is -0.326 e. The molecule has 1 atom stereocenters. The minimum absolute atomic E-state index is 0.358. The average molecular weight is 339 g/mol. The van der Waals surface area contributed by atoms with Crippen molar-refractivity contribution in [2.24, 2.45) is 11.7 Å². The Hall–Kier alpha value is 0.0500. The van der Waals surface area contributed by atoms with E-state index in [0.717, 1.165) is 11.3 Å². The summed E-state index contributed by atoms with van der Waals surface area (Å²) in [6.45, 7) is 3.67. The Labute approximate surface area is 114 Å². The van der Waals surface area contributed by atoms with Crippen molar-refractivity contribution in [3.8, 4) is 0 Å². The fraction of sp³-hybridized carbons (Fsp3) is 0.600. The van der Waals surface area contributed by atoms with Gasteiger partial charge in [-0.25, -0.2) is 8.42 Å². The molecule has 4 nitrogen and oxygen atoms in total. The monoisotopic (exact) mass is 338 g/mol. The second kappa shape index (κ2) is 4.97. The summed E-state index contributed by atoms with van der Waals surface area (Å²) in [7, 11) is -3.35. The van der Waals surface area contributed by atoms with Gasteiger partial charge < -0.3 is 5.73 Å². The molecule has 1 aliphatic rings. The average Bonchev–Trinajstić information content (AvgIpc) is 2.85. The molecular formula is C10H15BrN2O2S2. The van der Waals surface area contributed by atoms with Gasteiger partial charge in [0.2, 0.25) is 10.0 Å². The first-order chi connectivity index (χ1) is 7.95. The first-order valence-electron chi connectivity index (χ1n) is 5.43. The molecule has 2 N–H and O–H groups in total. The topological polar surface area (TPSA) is 63.4 Å². The number of nitrogens with two attached hydrogens (primary N) is 1. The van der Waals surface area contributed by atoms with E-state index in [0.29, 0.717) is 34.2 Å². The van der Waals surface area contributed by atoms with E-state index in [2.05, 4.69) is 22.9 Å². The van der Waals surface area contributed by atoms with E-state index in [1.54, 1.807) is 10.4 Å².